The van der Waals surface area contributed by atoms with E-state index in [9.17, 15) is 19.5 Å². The van der Waals surface area contributed by atoms with Gasteiger partial charge in [-0.2, -0.15) is 0 Å². The van der Waals surface area contributed by atoms with Gasteiger partial charge in [0, 0.05) is 26.1 Å². The number of carbonyl (C=O) groups excluding carboxylic acids is 3. The zero-order chi connectivity index (χ0) is 29.8. The van der Waals surface area contributed by atoms with E-state index >= 15 is 0 Å². The standard InChI is InChI=1S/C33H44N4O5/c1-20(22-9-5-4-6-10-22)27-31(39)34-18-8-13-24-11-7-12-25-16-17-26(42-30(24)25)19-35-28(23-14-15-23)33(41)37(3)29(21(2)38)32(40)36-27/h4-7,9-12,20-21,23,26-29,35,38H,8,13-19H2,1-3H3,(H,34,39)(H,36,40)/t20?,21?,26?,27-,28+,29+/m1/s1. The highest BCUT2D eigenvalue weighted by molar-refractivity contribution is 5.94. The number of hydrogen-bond acceptors (Lipinski definition) is 6. The zero-order valence-corrected chi connectivity index (χ0v) is 24.8. The van der Waals surface area contributed by atoms with E-state index in [0.29, 0.717) is 19.5 Å². The number of carbonyl (C=O) groups is 3. The maximum atomic E-state index is 13.8. The molecule has 2 aromatic carbocycles. The van der Waals surface area contributed by atoms with Crippen LogP contribution in [0, 0.1) is 5.92 Å². The summed E-state index contributed by atoms with van der Waals surface area (Å²) < 4.78 is 6.49. The second-order valence-electron chi connectivity index (χ2n) is 12.1. The number of aliphatic hydroxyl groups is 1. The first-order chi connectivity index (χ1) is 20.2. The number of aliphatic hydroxyl groups excluding tert-OH is 1. The van der Waals surface area contributed by atoms with Crippen LogP contribution in [0.3, 0.4) is 0 Å². The molecule has 2 aliphatic heterocycles. The van der Waals surface area contributed by atoms with Crippen molar-refractivity contribution in [3.63, 3.8) is 0 Å². The summed E-state index contributed by atoms with van der Waals surface area (Å²) in [6, 6.07) is 13.3. The van der Waals surface area contributed by atoms with Crippen LogP contribution in [0.25, 0.3) is 0 Å². The molecule has 0 radical (unpaired) electrons. The molecule has 1 saturated carbocycles. The average molecular weight is 577 g/mol. The second-order valence-corrected chi connectivity index (χ2v) is 12.1. The smallest absolute Gasteiger partial charge is 0.246 e. The van der Waals surface area contributed by atoms with E-state index in [2.05, 4.69) is 34.1 Å². The molecule has 9 heteroatoms. The van der Waals surface area contributed by atoms with Crippen molar-refractivity contribution in [3.05, 3.63) is 65.2 Å². The van der Waals surface area contributed by atoms with Gasteiger partial charge in [0.05, 0.1) is 12.1 Å². The minimum atomic E-state index is -1.15. The first-order valence-electron chi connectivity index (χ1n) is 15.3. The van der Waals surface area contributed by atoms with Gasteiger partial charge in [-0.3, -0.25) is 14.4 Å². The first-order valence-corrected chi connectivity index (χ1v) is 15.3. The van der Waals surface area contributed by atoms with Gasteiger partial charge >= 0.3 is 0 Å². The molecule has 9 nitrogen and oxygen atoms in total. The molecule has 5 rings (SSSR count). The van der Waals surface area contributed by atoms with Gasteiger partial charge in [0.2, 0.25) is 17.7 Å². The van der Waals surface area contributed by atoms with E-state index in [-0.39, 0.29) is 29.8 Å². The molecule has 4 N–H and O–H groups in total. The lowest BCUT2D eigenvalue weighted by atomic mass is 9.92. The molecular formula is C33H44N4O5. The Morgan fingerprint density at radius 3 is 2.33 bits per heavy atom. The quantitative estimate of drug-likeness (QED) is 0.444. The highest BCUT2D eigenvalue weighted by Crippen LogP contribution is 2.35. The number of aryl methyl sites for hydroxylation is 2. The summed E-state index contributed by atoms with van der Waals surface area (Å²) in [6.07, 6.45) is 3.84. The third-order valence-corrected chi connectivity index (χ3v) is 8.94. The summed E-state index contributed by atoms with van der Waals surface area (Å²) in [5.41, 5.74) is 3.21. The van der Waals surface area contributed by atoms with Crippen LogP contribution in [-0.4, -0.2) is 78.2 Å². The van der Waals surface area contributed by atoms with Crippen LogP contribution in [0.5, 0.6) is 5.75 Å². The fourth-order valence-electron chi connectivity index (χ4n) is 6.29. The van der Waals surface area contributed by atoms with Gasteiger partial charge < -0.3 is 30.7 Å². The molecule has 0 spiro atoms. The van der Waals surface area contributed by atoms with Crippen LogP contribution in [0.1, 0.15) is 62.1 Å². The predicted octanol–water partition coefficient (Wildman–Crippen LogP) is 2.31. The highest BCUT2D eigenvalue weighted by Gasteiger charge is 2.42. The number of para-hydroxylation sites is 1. The molecule has 42 heavy (non-hydrogen) atoms. The molecule has 226 valence electrons. The van der Waals surface area contributed by atoms with E-state index in [1.165, 1.54) is 17.4 Å². The van der Waals surface area contributed by atoms with Crippen molar-refractivity contribution in [2.75, 3.05) is 20.1 Å². The fourth-order valence-corrected chi connectivity index (χ4v) is 6.29. The van der Waals surface area contributed by atoms with E-state index in [0.717, 1.165) is 49.0 Å². The summed E-state index contributed by atoms with van der Waals surface area (Å²) >= 11 is 0. The molecule has 2 heterocycles. The summed E-state index contributed by atoms with van der Waals surface area (Å²) in [4.78, 5) is 42.5. The number of nitrogens with zero attached hydrogens (tertiary/aromatic N) is 1. The number of nitrogens with one attached hydrogen (secondary N) is 3. The molecular weight excluding hydrogens is 532 g/mol. The summed E-state index contributed by atoms with van der Waals surface area (Å²) in [5.74, 6) is -0.352. The number of likely N-dealkylation sites (N-methyl/N-ethyl adjacent to an activating group) is 1. The molecule has 6 atom stereocenters. The Morgan fingerprint density at radius 1 is 0.929 bits per heavy atom. The fraction of sp³-hybridized carbons (Fsp3) is 0.545. The Morgan fingerprint density at radius 2 is 1.64 bits per heavy atom. The van der Waals surface area contributed by atoms with Gasteiger partial charge in [-0.1, -0.05) is 55.5 Å². The van der Waals surface area contributed by atoms with Gasteiger partial charge in [0.1, 0.15) is 23.9 Å². The summed E-state index contributed by atoms with van der Waals surface area (Å²) in [5, 5.41) is 20.1. The largest absolute Gasteiger partial charge is 0.489 e. The number of ether oxygens (including phenoxy) is 1. The third kappa shape index (κ3) is 6.79. The van der Waals surface area contributed by atoms with Crippen molar-refractivity contribution in [1.82, 2.24) is 20.9 Å². The molecule has 3 unspecified atom stereocenters. The highest BCUT2D eigenvalue weighted by atomic mass is 16.5. The number of benzene rings is 2. The predicted molar refractivity (Wildman–Crippen MR) is 160 cm³/mol. The monoisotopic (exact) mass is 576 g/mol. The van der Waals surface area contributed by atoms with Crippen molar-refractivity contribution >= 4 is 17.7 Å². The van der Waals surface area contributed by atoms with Crippen molar-refractivity contribution in [2.24, 2.45) is 5.92 Å². The topological polar surface area (TPSA) is 120 Å². The van der Waals surface area contributed by atoms with Crippen molar-refractivity contribution in [2.45, 2.75) is 88.6 Å². The van der Waals surface area contributed by atoms with E-state index < -0.39 is 30.1 Å². The molecule has 0 saturated heterocycles. The van der Waals surface area contributed by atoms with Gasteiger partial charge in [0.25, 0.3) is 0 Å². The van der Waals surface area contributed by atoms with E-state index in [1.807, 2.05) is 37.3 Å². The molecule has 2 aromatic rings. The van der Waals surface area contributed by atoms with E-state index in [1.54, 1.807) is 7.05 Å². The SMILES string of the molecule is CC(O)[C@H]1C(=O)N[C@H](C(C)c2ccccc2)C(=O)NCCCc2cccc3c2OC(CC3)CN[C@@H](C2CC2)C(=O)N1C. The van der Waals surface area contributed by atoms with Crippen molar-refractivity contribution < 1.29 is 24.2 Å². The number of rotatable bonds is 4. The first kappa shape index (κ1) is 30.0. The lowest BCUT2D eigenvalue weighted by Crippen LogP contribution is -2.61. The maximum Gasteiger partial charge on any atom is 0.246 e. The number of amides is 3. The number of hydrogen-bond donors (Lipinski definition) is 4. The van der Waals surface area contributed by atoms with Gasteiger partial charge in [-0.25, -0.2) is 0 Å². The third-order valence-electron chi connectivity index (χ3n) is 8.94. The van der Waals surface area contributed by atoms with E-state index in [4.69, 9.17) is 4.74 Å². The van der Waals surface area contributed by atoms with Crippen LogP contribution < -0.4 is 20.7 Å². The van der Waals surface area contributed by atoms with Crippen molar-refractivity contribution in [1.29, 1.82) is 0 Å². The summed E-state index contributed by atoms with van der Waals surface area (Å²) in [7, 11) is 1.56. The lowest BCUT2D eigenvalue weighted by Gasteiger charge is -2.35. The van der Waals surface area contributed by atoms with Crippen LogP contribution in [0.2, 0.25) is 0 Å². The Bertz CT molecular complexity index is 1260. The molecule has 0 aromatic heterocycles. The second kappa shape index (κ2) is 13.3. The lowest BCUT2D eigenvalue weighted by molar-refractivity contribution is -0.145. The van der Waals surface area contributed by atoms with Gasteiger partial charge in [-0.05, 0) is 68.1 Å². The summed E-state index contributed by atoms with van der Waals surface area (Å²) in [6.45, 7) is 4.35. The van der Waals surface area contributed by atoms with Crippen LogP contribution in [0.15, 0.2) is 48.5 Å². The molecule has 1 aliphatic carbocycles. The Balaban J connectivity index is 1.45. The van der Waals surface area contributed by atoms with Crippen LogP contribution in [0.4, 0.5) is 0 Å². The average Bonchev–Trinajstić information content (AvgIpc) is 3.83. The minimum absolute atomic E-state index is 0.0762. The van der Waals surface area contributed by atoms with Gasteiger partial charge in [-0.15, -0.1) is 0 Å². The van der Waals surface area contributed by atoms with Crippen molar-refractivity contribution in [3.8, 4) is 5.75 Å². The van der Waals surface area contributed by atoms with Crippen LogP contribution in [-0.2, 0) is 27.2 Å². The van der Waals surface area contributed by atoms with Gasteiger partial charge in [0.15, 0.2) is 0 Å². The molecule has 2 bridgehead atoms. The normalized spacial score (nSPS) is 27.5. The molecule has 1 fully saturated rings. The Hall–Kier alpha value is -3.43. The minimum Gasteiger partial charge on any atom is -0.489 e. The Labute approximate surface area is 248 Å². The molecule has 3 amide bonds. The maximum absolute atomic E-state index is 13.8. The van der Waals surface area contributed by atoms with Crippen LogP contribution >= 0.6 is 0 Å². The zero-order valence-electron chi connectivity index (χ0n) is 24.8. The molecule has 3 aliphatic rings. The number of fused-ring (bicyclic) bond motifs is 1. The Kier molecular flexibility index (Phi) is 9.48.